The zero-order valence-corrected chi connectivity index (χ0v) is 20.4. The first-order valence-electron chi connectivity index (χ1n) is 11.4. The number of anilines is 1. The Hall–Kier alpha value is -3.94. The average molecular weight is 480 g/mol. The summed E-state index contributed by atoms with van der Waals surface area (Å²) in [6.45, 7) is 2.33. The van der Waals surface area contributed by atoms with E-state index in [2.05, 4.69) is 12.2 Å². The summed E-state index contributed by atoms with van der Waals surface area (Å²) in [5.74, 6) is 4.49. The maximum atomic E-state index is 6.49. The van der Waals surface area contributed by atoms with E-state index in [0.717, 1.165) is 28.3 Å². The molecule has 0 saturated carbocycles. The SMILES string of the molecule is COc1ccccc1N[C@H]1Oc2cc3c(cc2[C@H](c2cc(OC)c(OC)c(OC)c2)[C@@H]1C)OCO3. The zero-order valence-electron chi connectivity index (χ0n) is 20.4. The van der Waals surface area contributed by atoms with Crippen LogP contribution in [0.15, 0.2) is 48.5 Å². The van der Waals surface area contributed by atoms with E-state index in [9.17, 15) is 0 Å². The summed E-state index contributed by atoms with van der Waals surface area (Å²) < 4.78 is 40.2. The molecule has 3 atom stereocenters. The molecule has 184 valence electrons. The number of methoxy groups -OCH3 is 4. The predicted molar refractivity (Wildman–Crippen MR) is 131 cm³/mol. The fraction of sp³-hybridized carbons (Fsp3) is 0.333. The first-order valence-corrected chi connectivity index (χ1v) is 11.4. The van der Waals surface area contributed by atoms with Gasteiger partial charge in [-0.15, -0.1) is 0 Å². The molecular formula is C27H29NO7. The maximum Gasteiger partial charge on any atom is 0.231 e. The second kappa shape index (κ2) is 9.37. The molecule has 8 nitrogen and oxygen atoms in total. The number of ether oxygens (including phenoxy) is 7. The second-order valence-electron chi connectivity index (χ2n) is 8.42. The van der Waals surface area contributed by atoms with Crippen LogP contribution in [0.1, 0.15) is 24.0 Å². The van der Waals surface area contributed by atoms with Crippen molar-refractivity contribution in [2.45, 2.75) is 19.1 Å². The lowest BCUT2D eigenvalue weighted by Gasteiger charge is -2.39. The molecule has 0 saturated heterocycles. The third kappa shape index (κ3) is 3.99. The Labute approximate surface area is 204 Å². The van der Waals surface area contributed by atoms with Crippen molar-refractivity contribution in [2.75, 3.05) is 40.5 Å². The molecule has 8 heteroatoms. The van der Waals surface area contributed by atoms with Crippen LogP contribution in [0.5, 0.6) is 40.2 Å². The molecule has 0 aliphatic carbocycles. The molecule has 0 unspecified atom stereocenters. The zero-order chi connectivity index (χ0) is 24.5. The van der Waals surface area contributed by atoms with Crippen molar-refractivity contribution in [1.82, 2.24) is 0 Å². The van der Waals surface area contributed by atoms with Gasteiger partial charge in [-0.2, -0.15) is 0 Å². The number of hydrogen-bond acceptors (Lipinski definition) is 8. The van der Waals surface area contributed by atoms with E-state index in [-0.39, 0.29) is 24.9 Å². The van der Waals surface area contributed by atoms with E-state index in [1.54, 1.807) is 28.4 Å². The highest BCUT2D eigenvalue weighted by Crippen LogP contribution is 2.51. The highest BCUT2D eigenvalue weighted by Gasteiger charge is 2.39. The van der Waals surface area contributed by atoms with Crippen molar-refractivity contribution in [1.29, 1.82) is 0 Å². The van der Waals surface area contributed by atoms with Gasteiger partial charge in [0.2, 0.25) is 12.5 Å². The minimum atomic E-state index is -0.358. The summed E-state index contributed by atoms with van der Waals surface area (Å²) >= 11 is 0. The molecule has 1 N–H and O–H groups in total. The Kier molecular flexibility index (Phi) is 6.11. The highest BCUT2D eigenvalue weighted by molar-refractivity contribution is 5.61. The van der Waals surface area contributed by atoms with Gasteiger partial charge >= 0.3 is 0 Å². The van der Waals surface area contributed by atoms with E-state index < -0.39 is 0 Å². The lowest BCUT2D eigenvalue weighted by molar-refractivity contribution is 0.134. The van der Waals surface area contributed by atoms with E-state index in [1.807, 2.05) is 48.5 Å². The molecule has 35 heavy (non-hydrogen) atoms. The van der Waals surface area contributed by atoms with Gasteiger partial charge in [-0.25, -0.2) is 0 Å². The Bertz CT molecular complexity index is 1200. The summed E-state index contributed by atoms with van der Waals surface area (Å²) in [5.41, 5.74) is 2.84. The number of rotatable bonds is 7. The molecule has 3 aromatic rings. The van der Waals surface area contributed by atoms with Gasteiger partial charge < -0.3 is 38.5 Å². The molecular weight excluding hydrogens is 450 g/mol. The van der Waals surface area contributed by atoms with Gasteiger partial charge in [0, 0.05) is 23.5 Å². The second-order valence-corrected chi connectivity index (χ2v) is 8.42. The summed E-state index contributed by atoms with van der Waals surface area (Å²) in [6, 6.07) is 15.7. The van der Waals surface area contributed by atoms with Crippen LogP contribution in [0.4, 0.5) is 5.69 Å². The molecule has 3 aromatic carbocycles. The highest BCUT2D eigenvalue weighted by atomic mass is 16.7. The molecule has 2 aliphatic heterocycles. The van der Waals surface area contributed by atoms with Gasteiger partial charge in [-0.1, -0.05) is 19.1 Å². The quantitative estimate of drug-likeness (QED) is 0.505. The first-order chi connectivity index (χ1) is 17.1. The number of nitrogens with one attached hydrogen (secondary N) is 1. The van der Waals surface area contributed by atoms with Gasteiger partial charge in [0.15, 0.2) is 29.2 Å². The van der Waals surface area contributed by atoms with Crippen molar-refractivity contribution in [3.63, 3.8) is 0 Å². The topological polar surface area (TPSA) is 76.6 Å². The van der Waals surface area contributed by atoms with Gasteiger partial charge in [0.25, 0.3) is 0 Å². The van der Waals surface area contributed by atoms with Crippen LogP contribution < -0.4 is 38.5 Å². The summed E-state index contributed by atoms with van der Waals surface area (Å²) in [4.78, 5) is 0. The largest absolute Gasteiger partial charge is 0.495 e. The van der Waals surface area contributed by atoms with E-state index in [1.165, 1.54) is 0 Å². The van der Waals surface area contributed by atoms with E-state index >= 15 is 0 Å². The monoisotopic (exact) mass is 479 g/mol. The van der Waals surface area contributed by atoms with Crippen LogP contribution in [-0.2, 0) is 0 Å². The third-order valence-corrected chi connectivity index (χ3v) is 6.55. The van der Waals surface area contributed by atoms with Crippen molar-refractivity contribution < 1.29 is 33.2 Å². The number of para-hydroxylation sites is 2. The number of benzene rings is 3. The van der Waals surface area contributed by atoms with Crippen LogP contribution in [0.2, 0.25) is 0 Å². The first kappa shape index (κ1) is 22.8. The fourth-order valence-electron chi connectivity index (χ4n) is 4.83. The lowest BCUT2D eigenvalue weighted by atomic mass is 9.78. The molecule has 2 aliphatic rings. The van der Waals surface area contributed by atoms with Gasteiger partial charge in [-0.05, 0) is 35.9 Å². The van der Waals surface area contributed by atoms with Crippen molar-refractivity contribution in [2.24, 2.45) is 5.92 Å². The third-order valence-electron chi connectivity index (χ3n) is 6.55. The van der Waals surface area contributed by atoms with Crippen molar-refractivity contribution in [3.8, 4) is 40.2 Å². The average Bonchev–Trinajstić information content (AvgIpc) is 3.34. The Morgan fingerprint density at radius 2 is 1.43 bits per heavy atom. The summed E-state index contributed by atoms with van der Waals surface area (Å²) in [6.07, 6.45) is -0.358. The van der Waals surface area contributed by atoms with Crippen LogP contribution >= 0.6 is 0 Å². The number of hydrogen-bond donors (Lipinski definition) is 1. The van der Waals surface area contributed by atoms with Crippen LogP contribution in [-0.4, -0.2) is 41.5 Å². The molecule has 0 amide bonds. The molecule has 0 radical (unpaired) electrons. The molecule has 2 heterocycles. The van der Waals surface area contributed by atoms with Crippen molar-refractivity contribution >= 4 is 5.69 Å². The van der Waals surface area contributed by atoms with E-state index in [0.29, 0.717) is 28.7 Å². The van der Waals surface area contributed by atoms with Gasteiger partial charge in [0.05, 0.1) is 34.1 Å². The van der Waals surface area contributed by atoms with Crippen LogP contribution in [0, 0.1) is 5.92 Å². The van der Waals surface area contributed by atoms with Gasteiger partial charge in [0.1, 0.15) is 11.5 Å². The fourth-order valence-corrected chi connectivity index (χ4v) is 4.83. The normalized spacial score (nSPS) is 19.9. The molecule has 5 rings (SSSR count). The molecule has 0 aromatic heterocycles. The lowest BCUT2D eigenvalue weighted by Crippen LogP contribution is -2.40. The minimum absolute atomic E-state index is 0.00408. The molecule has 0 spiro atoms. The Morgan fingerprint density at radius 3 is 2.09 bits per heavy atom. The van der Waals surface area contributed by atoms with Crippen LogP contribution in [0.3, 0.4) is 0 Å². The standard InChI is InChI=1S/C27H29NO7/c1-15-25(16-10-23(30-3)26(32-5)24(11-16)31-4)17-12-21-22(34-14-33-21)13-20(17)35-27(15)28-18-8-6-7-9-19(18)29-2/h6-13,15,25,27-28H,14H2,1-5H3/t15-,25-,27-/m0/s1. The van der Waals surface area contributed by atoms with Gasteiger partial charge in [-0.3, -0.25) is 0 Å². The molecule has 0 bridgehead atoms. The maximum absolute atomic E-state index is 6.49. The number of fused-ring (bicyclic) bond motifs is 2. The smallest absolute Gasteiger partial charge is 0.231 e. The van der Waals surface area contributed by atoms with E-state index in [4.69, 9.17) is 33.2 Å². The van der Waals surface area contributed by atoms with Crippen LogP contribution in [0.25, 0.3) is 0 Å². The van der Waals surface area contributed by atoms with Crippen molar-refractivity contribution in [3.05, 3.63) is 59.7 Å². The summed E-state index contributed by atoms with van der Waals surface area (Å²) in [7, 11) is 6.49. The summed E-state index contributed by atoms with van der Waals surface area (Å²) in [5, 5.41) is 3.53. The Morgan fingerprint density at radius 1 is 0.771 bits per heavy atom. The Balaban J connectivity index is 1.63. The minimum Gasteiger partial charge on any atom is -0.495 e. The molecule has 0 fully saturated rings. The predicted octanol–water partition coefficient (Wildman–Crippen LogP) is 5.05.